The predicted octanol–water partition coefficient (Wildman–Crippen LogP) is 2.05. The Morgan fingerprint density at radius 3 is 2.27 bits per heavy atom. The molecule has 0 bridgehead atoms. The maximum Gasteiger partial charge on any atom is 0.432 e. The van der Waals surface area contributed by atoms with Crippen LogP contribution in [0.2, 0.25) is 0 Å². The van der Waals surface area contributed by atoms with Crippen molar-refractivity contribution in [2.75, 3.05) is 14.2 Å². The van der Waals surface area contributed by atoms with E-state index in [1.807, 2.05) is 30.5 Å². The molecule has 0 spiro atoms. The molecular weight excluding hydrogens is 206 g/mol. The lowest BCUT2D eigenvalue weighted by Gasteiger charge is -1.91. The summed E-state index contributed by atoms with van der Waals surface area (Å²) in [7, 11) is 3.40. The van der Waals surface area contributed by atoms with Gasteiger partial charge in [-0.3, -0.25) is 4.98 Å². The molecule has 0 unspecified atom stereocenters. The summed E-state index contributed by atoms with van der Waals surface area (Å²) in [5, 5.41) is 1.20. The smallest absolute Gasteiger partial charge is 0.396 e. The second kappa shape index (κ2) is 7.11. The largest absolute Gasteiger partial charge is 0.432 e. The average Bonchev–Trinajstić information content (AvgIpc) is 2.31. The molecule has 1 aromatic heterocycles. The van der Waals surface area contributed by atoms with Crippen molar-refractivity contribution in [2.45, 2.75) is 0 Å². The zero-order chi connectivity index (χ0) is 10.9. The number of nitrogens with zero attached hydrogens (tertiary/aromatic N) is 1. The molecule has 1 heterocycles. The Morgan fingerprint density at radius 1 is 1.00 bits per heavy atom. The van der Waals surface area contributed by atoms with Gasteiger partial charge >= 0.3 is 10.0 Å². The maximum absolute atomic E-state index is 4.50. The van der Waals surface area contributed by atoms with Gasteiger partial charge in [-0.1, -0.05) is 24.3 Å². The Morgan fingerprint density at radius 2 is 1.67 bits per heavy atom. The van der Waals surface area contributed by atoms with E-state index >= 15 is 0 Å². The first-order valence-corrected chi connectivity index (χ1v) is 5.31. The summed E-state index contributed by atoms with van der Waals surface area (Å²) in [6, 6.07) is 12.1. The van der Waals surface area contributed by atoms with Gasteiger partial charge in [0, 0.05) is 25.8 Å². The van der Waals surface area contributed by atoms with E-state index in [4.69, 9.17) is 0 Å². The first-order valence-electron chi connectivity index (χ1n) is 4.49. The first kappa shape index (κ1) is 11.8. The lowest BCUT2D eigenvalue weighted by Crippen LogP contribution is -1.93. The summed E-state index contributed by atoms with van der Waals surface area (Å²) in [5.41, 5.74) is 1.06. The summed E-state index contributed by atoms with van der Waals surface area (Å²) in [6.07, 6.45) is 1.81. The van der Waals surface area contributed by atoms with Crippen LogP contribution in [0.15, 0.2) is 42.6 Å². The average molecular weight is 219 g/mol. The van der Waals surface area contributed by atoms with E-state index in [1.54, 1.807) is 14.2 Å². The Balaban J connectivity index is 0.000000195. The predicted molar refractivity (Wildman–Crippen MR) is 61.5 cm³/mol. The van der Waals surface area contributed by atoms with Crippen molar-refractivity contribution in [3.05, 3.63) is 42.6 Å². The molecular formula is C11H13NO2Si. The van der Waals surface area contributed by atoms with Crippen LogP contribution in [-0.4, -0.2) is 29.2 Å². The first-order chi connectivity index (χ1) is 7.38. The quantitative estimate of drug-likeness (QED) is 0.724. The number of aromatic nitrogens is 1. The molecule has 15 heavy (non-hydrogen) atoms. The summed E-state index contributed by atoms with van der Waals surface area (Å²) < 4.78 is 8.99. The fourth-order valence-corrected chi connectivity index (χ4v) is 1.27. The molecule has 2 rings (SSSR count). The molecule has 0 N–H and O–H groups in total. The number of para-hydroxylation sites is 1. The zero-order valence-electron chi connectivity index (χ0n) is 8.81. The van der Waals surface area contributed by atoms with E-state index in [2.05, 4.69) is 26.0 Å². The van der Waals surface area contributed by atoms with Crippen LogP contribution in [0.5, 0.6) is 0 Å². The van der Waals surface area contributed by atoms with Gasteiger partial charge in [0.05, 0.1) is 5.52 Å². The second-order valence-corrected chi connectivity index (χ2v) is 3.67. The minimum atomic E-state index is 0.198. The second-order valence-electron chi connectivity index (χ2n) is 2.69. The van der Waals surface area contributed by atoms with E-state index in [1.165, 1.54) is 5.39 Å². The van der Waals surface area contributed by atoms with Crippen LogP contribution in [-0.2, 0) is 8.85 Å². The van der Waals surface area contributed by atoms with Gasteiger partial charge in [0.15, 0.2) is 0 Å². The molecule has 0 fully saturated rings. The van der Waals surface area contributed by atoms with Gasteiger partial charge in [-0.2, -0.15) is 0 Å². The highest BCUT2D eigenvalue weighted by atomic mass is 28.3. The number of rotatable bonds is 2. The number of benzene rings is 1. The molecule has 2 radical (unpaired) electrons. The van der Waals surface area contributed by atoms with Crippen LogP contribution >= 0.6 is 0 Å². The van der Waals surface area contributed by atoms with Crippen molar-refractivity contribution in [1.29, 1.82) is 0 Å². The molecule has 4 heteroatoms. The molecule has 0 aliphatic rings. The minimum Gasteiger partial charge on any atom is -0.396 e. The fraction of sp³-hybridized carbons (Fsp3) is 0.182. The zero-order valence-corrected chi connectivity index (χ0v) is 9.81. The monoisotopic (exact) mass is 219 g/mol. The molecule has 0 saturated heterocycles. The van der Waals surface area contributed by atoms with Crippen molar-refractivity contribution in [1.82, 2.24) is 4.98 Å². The van der Waals surface area contributed by atoms with E-state index in [9.17, 15) is 0 Å². The van der Waals surface area contributed by atoms with Crippen LogP contribution in [0.3, 0.4) is 0 Å². The van der Waals surface area contributed by atoms with E-state index < -0.39 is 0 Å². The molecule has 1 aromatic carbocycles. The van der Waals surface area contributed by atoms with Crippen molar-refractivity contribution in [3.8, 4) is 0 Å². The molecule has 0 atom stereocenters. The fourth-order valence-electron chi connectivity index (χ4n) is 1.10. The van der Waals surface area contributed by atoms with Gasteiger partial charge in [0.2, 0.25) is 0 Å². The van der Waals surface area contributed by atoms with Crippen molar-refractivity contribution in [2.24, 2.45) is 0 Å². The topological polar surface area (TPSA) is 31.4 Å². The van der Waals surface area contributed by atoms with Crippen molar-refractivity contribution >= 4 is 20.9 Å². The van der Waals surface area contributed by atoms with Gasteiger partial charge in [0.1, 0.15) is 0 Å². The highest BCUT2D eigenvalue weighted by molar-refractivity contribution is 6.17. The molecule has 2 aromatic rings. The van der Waals surface area contributed by atoms with Crippen LogP contribution in [0.1, 0.15) is 0 Å². The Labute approximate surface area is 92.1 Å². The third-order valence-electron chi connectivity index (χ3n) is 1.68. The van der Waals surface area contributed by atoms with Crippen molar-refractivity contribution in [3.63, 3.8) is 0 Å². The van der Waals surface area contributed by atoms with Crippen LogP contribution < -0.4 is 0 Å². The van der Waals surface area contributed by atoms with E-state index in [0.717, 1.165) is 5.52 Å². The third kappa shape index (κ3) is 4.20. The molecule has 78 valence electrons. The number of pyridine rings is 1. The Kier molecular flexibility index (Phi) is 5.61. The van der Waals surface area contributed by atoms with Crippen LogP contribution in [0.4, 0.5) is 0 Å². The lowest BCUT2D eigenvalue weighted by atomic mass is 10.2. The van der Waals surface area contributed by atoms with Crippen LogP contribution in [0, 0.1) is 0 Å². The number of fused-ring (bicyclic) bond motifs is 1. The standard InChI is InChI=1S/C9H7N.C2H6O2Si/c1-2-6-9-8(4-1)5-3-7-10-9;1-3-5-4-2/h1-7H;1-2H3. The van der Waals surface area contributed by atoms with Gasteiger partial charge in [-0.15, -0.1) is 0 Å². The third-order valence-corrected chi connectivity index (χ3v) is 2.01. The summed E-state index contributed by atoms with van der Waals surface area (Å²) in [5.74, 6) is 0. The number of hydrogen-bond donors (Lipinski definition) is 0. The lowest BCUT2D eigenvalue weighted by molar-refractivity contribution is 0.309. The van der Waals surface area contributed by atoms with E-state index in [0.29, 0.717) is 0 Å². The molecule has 3 nitrogen and oxygen atoms in total. The normalized spacial score (nSPS) is 9.47. The van der Waals surface area contributed by atoms with Crippen LogP contribution in [0.25, 0.3) is 10.9 Å². The molecule has 0 aliphatic carbocycles. The van der Waals surface area contributed by atoms with Gasteiger partial charge in [0.25, 0.3) is 0 Å². The Hall–Kier alpha value is -1.23. The van der Waals surface area contributed by atoms with Gasteiger partial charge < -0.3 is 8.85 Å². The summed E-state index contributed by atoms with van der Waals surface area (Å²) in [6.45, 7) is 0. The molecule has 0 aliphatic heterocycles. The highest BCUT2D eigenvalue weighted by Crippen LogP contribution is 2.07. The SMILES string of the molecule is CO[Si]OC.c1ccc2ncccc2c1. The maximum atomic E-state index is 4.50. The summed E-state index contributed by atoms with van der Waals surface area (Å²) >= 11 is 0. The Bertz CT molecular complexity index is 328. The van der Waals surface area contributed by atoms with Gasteiger partial charge in [-0.05, 0) is 12.1 Å². The van der Waals surface area contributed by atoms with E-state index in [-0.39, 0.29) is 10.0 Å². The van der Waals surface area contributed by atoms with Crippen molar-refractivity contribution < 1.29 is 8.85 Å². The molecule has 0 saturated carbocycles. The van der Waals surface area contributed by atoms with Gasteiger partial charge in [-0.25, -0.2) is 0 Å². The highest BCUT2D eigenvalue weighted by Gasteiger charge is 1.86. The minimum absolute atomic E-state index is 0.198. The number of hydrogen-bond acceptors (Lipinski definition) is 3. The molecule has 0 amide bonds. The summed E-state index contributed by atoms with van der Waals surface area (Å²) in [4.78, 5) is 4.18.